The van der Waals surface area contributed by atoms with E-state index in [0.29, 0.717) is 34.5 Å². The molecule has 73 heavy (non-hydrogen) atoms. The summed E-state index contributed by atoms with van der Waals surface area (Å²) in [5.74, 6) is -1.06. The highest BCUT2D eigenvalue weighted by atomic mass is 16.3. The minimum atomic E-state index is -1.35. The van der Waals surface area contributed by atoms with Crippen LogP contribution in [0, 0.1) is 43.3 Å². The van der Waals surface area contributed by atoms with E-state index in [1.165, 1.54) is 6.20 Å². The van der Waals surface area contributed by atoms with Crippen LogP contribution < -0.4 is 33.6 Å². The first-order chi connectivity index (χ1) is 32.1. The number of hydrogen-bond acceptors (Lipinski definition) is 10. The Morgan fingerprint density at radius 2 is 0.781 bits per heavy atom. The fourth-order valence-corrected chi connectivity index (χ4v) is 8.22. The number of rotatable bonds is 17. The van der Waals surface area contributed by atoms with Crippen LogP contribution in [0.5, 0.6) is 0 Å². The van der Waals surface area contributed by atoms with Gasteiger partial charge in [-0.25, -0.2) is 0 Å². The van der Waals surface area contributed by atoms with Gasteiger partial charge >= 0.3 is 0 Å². The maximum Gasteiger partial charge on any atom is 0.249 e. The molecule has 1 rings (SSSR count). The fourth-order valence-electron chi connectivity index (χ4n) is 8.22. The SMILES string of the molecule is C=CN1C(=O)CCC1=O.CC(C)(C)CC(N)CC(N)CC(C)(C)C.CC(C)(C)CC(N)CC(N)CC(C)(C)C.CC(C)(C)CC(NC(=O)CC(O)C(=O)NC(CC(C)(C)C)C(C)(C)C)C(C)(C)C.CCC(C)O. The maximum absolute atomic E-state index is 12.6. The van der Waals surface area contributed by atoms with Crippen molar-refractivity contribution in [1.29, 1.82) is 0 Å². The number of carbonyl (C=O) groups excluding carboxylic acids is 4. The van der Waals surface area contributed by atoms with Crippen LogP contribution in [-0.4, -0.2) is 87.2 Å². The van der Waals surface area contributed by atoms with Gasteiger partial charge in [0, 0.05) is 55.3 Å². The van der Waals surface area contributed by atoms with E-state index in [1.54, 1.807) is 6.92 Å². The Bertz CT molecular complexity index is 1460. The van der Waals surface area contributed by atoms with Crippen molar-refractivity contribution in [2.45, 2.75) is 306 Å². The first-order valence-electron chi connectivity index (χ1n) is 27.6. The molecule has 0 aromatic heterocycles. The lowest BCUT2D eigenvalue weighted by Crippen LogP contribution is -2.51. The van der Waals surface area contributed by atoms with Gasteiger partial charge in [0.05, 0.1) is 12.5 Å². The molecule has 1 fully saturated rings. The van der Waals surface area contributed by atoms with Crippen LogP contribution in [0.25, 0.3) is 0 Å². The van der Waals surface area contributed by atoms with Crippen molar-refractivity contribution in [3.63, 3.8) is 0 Å². The van der Waals surface area contributed by atoms with E-state index in [1.807, 2.05) is 6.92 Å². The van der Waals surface area contributed by atoms with Crippen LogP contribution in [0.15, 0.2) is 12.8 Å². The molecule has 0 saturated carbocycles. The molecule has 0 bridgehead atoms. The van der Waals surface area contributed by atoms with Gasteiger partial charge in [0.2, 0.25) is 23.6 Å². The quantitative estimate of drug-likeness (QED) is 0.0641. The summed E-state index contributed by atoms with van der Waals surface area (Å²) in [6.07, 6.45) is 8.78. The molecule has 8 unspecified atom stereocenters. The van der Waals surface area contributed by atoms with Crippen LogP contribution in [-0.2, 0) is 19.2 Å². The van der Waals surface area contributed by atoms with Crippen molar-refractivity contribution in [1.82, 2.24) is 15.5 Å². The number of likely N-dealkylation sites (tertiary alicyclic amines) is 1. The highest BCUT2D eigenvalue weighted by Gasteiger charge is 2.34. The van der Waals surface area contributed by atoms with E-state index in [2.05, 4.69) is 183 Å². The van der Waals surface area contributed by atoms with Gasteiger partial charge in [0.25, 0.3) is 0 Å². The molecule has 4 amide bonds. The Kier molecular flexibility index (Phi) is 34.8. The molecule has 0 spiro atoms. The molecule has 8 atom stereocenters. The number of aliphatic hydroxyl groups excluding tert-OH is 2. The van der Waals surface area contributed by atoms with Crippen LogP contribution >= 0.6 is 0 Å². The Balaban J connectivity index is -0.000000455. The van der Waals surface area contributed by atoms with E-state index >= 15 is 0 Å². The Morgan fingerprint density at radius 1 is 0.534 bits per heavy atom. The van der Waals surface area contributed by atoms with Crippen LogP contribution in [0.4, 0.5) is 0 Å². The number of hydrogen-bond donors (Lipinski definition) is 8. The molecule has 0 aromatic rings. The topological polar surface area (TPSA) is 240 Å². The van der Waals surface area contributed by atoms with Crippen molar-refractivity contribution in [3.8, 4) is 0 Å². The van der Waals surface area contributed by atoms with Gasteiger partial charge in [-0.2, -0.15) is 0 Å². The zero-order valence-corrected chi connectivity index (χ0v) is 52.7. The summed E-state index contributed by atoms with van der Waals surface area (Å²) < 4.78 is 0. The third kappa shape index (κ3) is 48.9. The number of aliphatic hydroxyl groups is 2. The van der Waals surface area contributed by atoms with Crippen LogP contribution in [0.2, 0.25) is 0 Å². The number of carbonyl (C=O) groups is 4. The summed E-state index contributed by atoms with van der Waals surface area (Å²) in [6, 6.07) is 0.832. The van der Waals surface area contributed by atoms with Crippen molar-refractivity contribution in [2.75, 3.05) is 0 Å². The summed E-state index contributed by atoms with van der Waals surface area (Å²) in [5.41, 5.74) is 25.5. The predicted molar refractivity (Wildman–Crippen MR) is 312 cm³/mol. The van der Waals surface area contributed by atoms with Crippen molar-refractivity contribution in [2.24, 2.45) is 66.3 Å². The summed E-state index contributed by atoms with van der Waals surface area (Å²) in [6.45, 7) is 59.0. The lowest BCUT2D eigenvalue weighted by molar-refractivity contribution is -0.136. The summed E-state index contributed by atoms with van der Waals surface area (Å²) >= 11 is 0. The summed E-state index contributed by atoms with van der Waals surface area (Å²) in [4.78, 5) is 47.5. The zero-order valence-electron chi connectivity index (χ0n) is 52.7. The van der Waals surface area contributed by atoms with Gasteiger partial charge in [-0.3, -0.25) is 24.1 Å². The molecule has 0 radical (unpaired) electrons. The van der Waals surface area contributed by atoms with Gasteiger partial charge in [-0.15, -0.1) is 0 Å². The average Bonchev–Trinajstić information content (AvgIpc) is 3.42. The largest absolute Gasteiger partial charge is 0.393 e. The number of nitrogens with one attached hydrogen (secondary N) is 2. The van der Waals surface area contributed by atoms with E-state index < -0.39 is 12.0 Å². The molecule has 13 heteroatoms. The number of nitrogens with two attached hydrogens (primary N) is 4. The molecule has 0 aromatic carbocycles. The van der Waals surface area contributed by atoms with Gasteiger partial charge in [-0.1, -0.05) is 180 Å². The molecule has 1 aliphatic rings. The summed E-state index contributed by atoms with van der Waals surface area (Å²) in [7, 11) is 0. The Hall–Kier alpha value is -2.42. The summed E-state index contributed by atoms with van der Waals surface area (Å²) in [5, 5.41) is 24.8. The van der Waals surface area contributed by atoms with Crippen LogP contribution in [0.3, 0.4) is 0 Å². The average molecular weight is 1040 g/mol. The number of amides is 4. The predicted octanol–water partition coefficient (Wildman–Crippen LogP) is 11.5. The number of nitrogens with zero attached hydrogens (tertiary/aromatic N) is 1. The number of imide groups is 1. The van der Waals surface area contributed by atoms with Crippen molar-refractivity contribution in [3.05, 3.63) is 12.8 Å². The lowest BCUT2D eigenvalue weighted by atomic mass is 9.76. The third-order valence-electron chi connectivity index (χ3n) is 11.6. The molecule has 12 N–H and O–H groups in total. The fraction of sp³-hybridized carbons (Fsp3) is 0.900. The van der Waals surface area contributed by atoms with Gasteiger partial charge in [0.1, 0.15) is 6.10 Å². The van der Waals surface area contributed by atoms with Gasteiger partial charge in [-0.05, 0) is 108 Å². The minimum absolute atomic E-state index is 0.0338. The van der Waals surface area contributed by atoms with E-state index in [-0.39, 0.29) is 88.2 Å². The normalized spacial score (nSPS) is 17.2. The lowest BCUT2D eigenvalue weighted by Gasteiger charge is -2.37. The Morgan fingerprint density at radius 3 is 0.973 bits per heavy atom. The third-order valence-corrected chi connectivity index (χ3v) is 11.6. The maximum atomic E-state index is 12.6. The highest BCUT2D eigenvalue weighted by molar-refractivity contribution is 6.02. The minimum Gasteiger partial charge on any atom is -0.393 e. The standard InChI is InChI=1S/C24H48N2O3.2C13H30N2.C6H7NO2.C4H10O/c1-21(2,3)14-17(23(7,8)9)25-19(28)13-16(27)20(29)26-18(24(10,11)12)15-22(4,5)6;2*1-12(2,3)8-10(14)7-11(15)9-13(4,5)6;1-2-7-5(8)3-4-6(7)9;1-3-4(2)5/h16-18,27H,13-15H2,1-12H3,(H,25,28)(H,26,29);2*10-11H,7-9,14-15H2,1-6H3;2H,1,3-4H2;4-5H,3H2,1-2H3. The second-order valence-electron chi connectivity index (χ2n) is 30.8. The smallest absolute Gasteiger partial charge is 0.249 e. The molecule has 1 heterocycles. The zero-order chi connectivity index (χ0) is 59.1. The van der Waals surface area contributed by atoms with Crippen LogP contribution in [0.1, 0.15) is 257 Å². The highest BCUT2D eigenvalue weighted by Crippen LogP contribution is 2.33. The molecule has 13 nitrogen and oxygen atoms in total. The van der Waals surface area contributed by atoms with E-state index in [0.717, 1.165) is 62.7 Å². The monoisotopic (exact) mass is 1040 g/mol. The molecular formula is C60H125N7O6. The van der Waals surface area contributed by atoms with Crippen molar-refractivity contribution < 1.29 is 29.4 Å². The van der Waals surface area contributed by atoms with Gasteiger partial charge in [0.15, 0.2) is 0 Å². The van der Waals surface area contributed by atoms with Gasteiger partial charge < -0.3 is 43.8 Å². The first kappa shape index (κ1) is 77.1. The second-order valence-corrected chi connectivity index (χ2v) is 30.8. The first-order valence-corrected chi connectivity index (χ1v) is 27.6. The molecule has 436 valence electrons. The molecule has 1 aliphatic heterocycles. The van der Waals surface area contributed by atoms with Crippen molar-refractivity contribution >= 4 is 23.6 Å². The van der Waals surface area contributed by atoms with E-state index in [4.69, 9.17) is 28.0 Å². The molecule has 1 saturated heterocycles. The van der Waals surface area contributed by atoms with E-state index in [9.17, 15) is 24.3 Å². The Labute approximate surface area is 451 Å². The molecule has 0 aliphatic carbocycles. The molecular weight excluding hydrogens is 915 g/mol. The second kappa shape index (κ2) is 33.0.